The average Bonchev–Trinajstić information content (AvgIpc) is 3.09. The number of nitrogens with one attached hydrogen (secondary N) is 5. The maximum Gasteiger partial charge on any atom is 0.296 e. The number of ether oxygens (including phenoxy) is 2. The van der Waals surface area contributed by atoms with Crippen molar-refractivity contribution in [2.75, 3.05) is 74.0 Å². The van der Waals surface area contributed by atoms with Crippen LogP contribution in [0.3, 0.4) is 0 Å². The Balaban J connectivity index is 0.000000335. The van der Waals surface area contributed by atoms with E-state index in [9.17, 15) is 29.8 Å². The van der Waals surface area contributed by atoms with Crippen LogP contribution in [0.5, 0.6) is 23.0 Å². The smallest absolute Gasteiger partial charge is 0.296 e. The first-order valence-electron chi connectivity index (χ1n) is 16.4. The Kier molecular flexibility index (Phi) is 18.7. The molecule has 18 nitrogen and oxygen atoms in total. The minimum atomic E-state index is -0.503. The zero-order chi connectivity index (χ0) is 38.2. The van der Waals surface area contributed by atoms with Gasteiger partial charge in [-0.15, -0.1) is 11.6 Å². The first-order chi connectivity index (χ1) is 25.6. The number of rotatable bonds is 13. The number of hydrogen-bond donors (Lipinski definition) is 5. The third-order valence-corrected chi connectivity index (χ3v) is 7.73. The predicted molar refractivity (Wildman–Crippen MR) is 214 cm³/mol. The lowest BCUT2D eigenvalue weighted by Gasteiger charge is -2.29. The zero-order valence-electron chi connectivity index (χ0n) is 29.0. The molecule has 19 heteroatoms. The Hall–Kier alpha value is -6.11. The van der Waals surface area contributed by atoms with E-state index in [1.54, 1.807) is 56.6 Å². The molecule has 2 amide bonds. The van der Waals surface area contributed by atoms with E-state index in [1.165, 1.54) is 50.1 Å². The molecular weight excluding hydrogens is 736 g/mol. The van der Waals surface area contributed by atoms with Crippen molar-refractivity contribution in [2.45, 2.75) is 27.7 Å². The molecule has 2 aliphatic heterocycles. The first kappa shape index (κ1) is 45.0. The highest BCUT2D eigenvalue weighted by atomic mass is 35.5. The molecule has 2 aromatic carbocycles. The molecule has 0 saturated carbocycles. The number of amides is 2. The summed E-state index contributed by atoms with van der Waals surface area (Å²) in [5, 5.41) is 36.0. The minimum Gasteiger partial charge on any atom is -0.457 e. The predicted octanol–water partition coefficient (Wildman–Crippen LogP) is 6.72. The number of halogens is 1. The normalized spacial score (nSPS) is 12.3. The highest BCUT2D eigenvalue weighted by molar-refractivity contribution is 6.29. The molecule has 0 unspecified atom stereocenters. The van der Waals surface area contributed by atoms with Crippen LogP contribution < -0.4 is 36.1 Å². The summed E-state index contributed by atoms with van der Waals surface area (Å²) in [5.74, 6) is 1.32. The molecule has 5 N–H and O–H groups in total. The maximum absolute atomic E-state index is 12.0. The number of pyridine rings is 2. The van der Waals surface area contributed by atoms with Gasteiger partial charge in [0.05, 0.1) is 28.5 Å². The summed E-state index contributed by atoms with van der Waals surface area (Å²) in [7, 11) is 3.21. The van der Waals surface area contributed by atoms with E-state index in [4.69, 9.17) is 21.1 Å². The van der Waals surface area contributed by atoms with Crippen LogP contribution in [0, 0.1) is 20.2 Å². The van der Waals surface area contributed by atoms with E-state index in [1.807, 2.05) is 4.90 Å². The van der Waals surface area contributed by atoms with Gasteiger partial charge in [-0.05, 0) is 75.4 Å². The Labute approximate surface area is 324 Å². The third-order valence-electron chi connectivity index (χ3n) is 7.48. The van der Waals surface area contributed by atoms with Gasteiger partial charge in [-0.1, -0.05) is 14.9 Å². The van der Waals surface area contributed by atoms with Gasteiger partial charge in [0.25, 0.3) is 11.4 Å². The van der Waals surface area contributed by atoms with E-state index in [0.717, 1.165) is 19.5 Å². The fraction of sp³-hybridized carbons (Fsp3) is 0.333. The van der Waals surface area contributed by atoms with E-state index < -0.39 is 15.8 Å². The van der Waals surface area contributed by atoms with Crippen LogP contribution in [0.1, 0.15) is 27.7 Å². The number of carbonyl (C=O) groups is 2. The van der Waals surface area contributed by atoms with Gasteiger partial charge in [0.2, 0.25) is 11.8 Å². The summed E-state index contributed by atoms with van der Waals surface area (Å²) < 4.78 is 11.2. The molecule has 4 aromatic rings. The lowest BCUT2D eigenvalue weighted by Crippen LogP contribution is -2.42. The molecule has 2 saturated heterocycles. The monoisotopic (exact) mass is 782 g/mol. The highest BCUT2D eigenvalue weighted by Gasteiger charge is 2.18. The van der Waals surface area contributed by atoms with Gasteiger partial charge >= 0.3 is 0 Å². The van der Waals surface area contributed by atoms with E-state index in [2.05, 4.69) is 36.6 Å². The number of nitrogens with zero attached hydrogens (tertiary/aromatic N) is 5. The molecule has 0 bridgehead atoms. The molecule has 0 atom stereocenters. The van der Waals surface area contributed by atoms with Crippen LogP contribution in [0.2, 0.25) is 0 Å². The molecule has 4 heterocycles. The van der Waals surface area contributed by atoms with Crippen LogP contribution in [0.25, 0.3) is 0 Å². The maximum atomic E-state index is 12.0. The summed E-state index contributed by atoms with van der Waals surface area (Å²) in [5.41, 5.74) is 0.597. The van der Waals surface area contributed by atoms with Crippen molar-refractivity contribution >= 4 is 57.8 Å². The van der Waals surface area contributed by atoms with E-state index in [0.29, 0.717) is 41.0 Å². The molecule has 2 aromatic heterocycles. The molecule has 0 spiro atoms. The third kappa shape index (κ3) is 14.3. The van der Waals surface area contributed by atoms with Gasteiger partial charge in [0, 0.05) is 38.6 Å². The van der Waals surface area contributed by atoms with E-state index in [-0.39, 0.29) is 49.6 Å². The fourth-order valence-electron chi connectivity index (χ4n) is 4.51. The Bertz CT molecular complexity index is 1890. The van der Waals surface area contributed by atoms with Gasteiger partial charge in [-0.2, -0.15) is 0 Å². The van der Waals surface area contributed by atoms with Crippen molar-refractivity contribution < 1.29 is 28.9 Å². The van der Waals surface area contributed by atoms with Crippen LogP contribution in [-0.4, -0.2) is 89.2 Å². The van der Waals surface area contributed by atoms with Crippen LogP contribution >= 0.6 is 11.6 Å². The number of nitro benzene ring substituents is 2. The lowest BCUT2D eigenvalue weighted by atomic mass is 10.2. The Morgan fingerprint density at radius 2 is 1.16 bits per heavy atom. The molecule has 0 radical (unpaired) electrons. The molecule has 55 heavy (non-hydrogen) atoms. The molecule has 6 rings (SSSR count). The molecular formula is C36H47ClN10O8. The molecule has 2 aliphatic rings. The van der Waals surface area contributed by atoms with Crippen LogP contribution in [0.15, 0.2) is 73.1 Å². The number of anilines is 4. The molecule has 2 fully saturated rings. The fourth-order valence-corrected chi connectivity index (χ4v) is 4.58. The van der Waals surface area contributed by atoms with Gasteiger partial charge in [-0.25, -0.2) is 9.97 Å². The second-order valence-electron chi connectivity index (χ2n) is 11.3. The summed E-state index contributed by atoms with van der Waals surface area (Å²) in [6.07, 6.45) is 5.45. The minimum absolute atomic E-state index is 0. The number of alkyl halides is 1. The van der Waals surface area contributed by atoms with Gasteiger partial charge in [0.15, 0.2) is 0 Å². The summed E-state index contributed by atoms with van der Waals surface area (Å²) >= 11 is 5.41. The van der Waals surface area contributed by atoms with Crippen molar-refractivity contribution in [1.82, 2.24) is 20.2 Å². The molecule has 296 valence electrons. The van der Waals surface area contributed by atoms with E-state index >= 15 is 0 Å². The summed E-state index contributed by atoms with van der Waals surface area (Å²) in [6.45, 7) is 4.71. The standard InChI is InChI=1S/C17H19N5O4.C14H13ClN4O4.C3H7N.2CH4/c1-18-14-4-3-12(9-15(14)22(24)25)26-13-5-6-19-16(10-13)20-17(23)11-21-7-2-8-21;1-16-11-3-2-9(6-12(11)19(21)22)23-10-4-5-17-13(7-10)18-14(20)8-15;1-2-4-3-1;;/h3-6,9-10,18H,2,7-8,11H2,1H3,(H,19,20,23);2-7,16H,8H2,1H3,(H,17,18,20);4H,1-3H2;2*1H4. The van der Waals surface area contributed by atoms with Gasteiger partial charge in [0.1, 0.15) is 51.9 Å². The number of nitro groups is 2. The first-order valence-corrected chi connectivity index (χ1v) is 16.9. The number of carbonyl (C=O) groups excluding carboxylic acids is 2. The number of aromatic nitrogens is 2. The van der Waals surface area contributed by atoms with Crippen molar-refractivity contribution in [3.05, 3.63) is 93.3 Å². The van der Waals surface area contributed by atoms with Crippen molar-refractivity contribution in [3.8, 4) is 23.0 Å². The largest absolute Gasteiger partial charge is 0.457 e. The second-order valence-corrected chi connectivity index (χ2v) is 11.6. The number of hydrogen-bond acceptors (Lipinski definition) is 14. The SMILES string of the molecule is C.C.C1CNC1.CNc1ccc(Oc2ccnc(NC(=O)CCl)c2)cc1[N+](=O)[O-].CNc1ccc(Oc2ccnc(NC(=O)CN3CCC3)c2)cc1[N+](=O)[O-]. The zero-order valence-corrected chi connectivity index (χ0v) is 29.7. The van der Waals surface area contributed by atoms with Gasteiger partial charge in [-0.3, -0.25) is 34.7 Å². The Morgan fingerprint density at radius 3 is 1.51 bits per heavy atom. The molecule has 0 aliphatic carbocycles. The number of benzene rings is 2. The Morgan fingerprint density at radius 1 is 0.745 bits per heavy atom. The summed E-state index contributed by atoms with van der Waals surface area (Å²) in [6, 6.07) is 15.2. The highest BCUT2D eigenvalue weighted by Crippen LogP contribution is 2.33. The topological polar surface area (TPSA) is 228 Å². The second kappa shape index (κ2) is 22.8. The number of likely N-dealkylation sites (tertiary alicyclic amines) is 1. The van der Waals surface area contributed by atoms with Gasteiger partial charge < -0.3 is 36.1 Å². The average molecular weight is 783 g/mol. The van der Waals surface area contributed by atoms with Crippen LogP contribution in [0.4, 0.5) is 34.4 Å². The quantitative estimate of drug-likeness (QED) is 0.0539. The van der Waals surface area contributed by atoms with Crippen molar-refractivity contribution in [1.29, 1.82) is 0 Å². The van der Waals surface area contributed by atoms with Crippen molar-refractivity contribution in [3.63, 3.8) is 0 Å². The van der Waals surface area contributed by atoms with Crippen LogP contribution in [-0.2, 0) is 9.59 Å². The van der Waals surface area contributed by atoms with Crippen molar-refractivity contribution in [2.24, 2.45) is 0 Å². The lowest BCUT2D eigenvalue weighted by molar-refractivity contribution is -0.384. The summed E-state index contributed by atoms with van der Waals surface area (Å²) in [4.78, 5) is 54.5.